The summed E-state index contributed by atoms with van der Waals surface area (Å²) < 4.78 is 28.1. The second-order valence-corrected chi connectivity index (χ2v) is 10.0. The maximum Gasteiger partial charge on any atom is 0.242 e. The van der Waals surface area contributed by atoms with E-state index < -0.39 is 10.0 Å². The van der Waals surface area contributed by atoms with Crippen molar-refractivity contribution in [3.63, 3.8) is 0 Å². The second kappa shape index (κ2) is 9.26. The molecule has 0 saturated carbocycles. The Morgan fingerprint density at radius 3 is 2.38 bits per heavy atom. The lowest BCUT2D eigenvalue weighted by Crippen LogP contribution is -2.34. The summed E-state index contributed by atoms with van der Waals surface area (Å²) in [5.74, 6) is 1.03. The summed E-state index contributed by atoms with van der Waals surface area (Å²) in [6.45, 7) is 4.47. The largest absolute Gasteiger partial charge is 0.343 e. The van der Waals surface area contributed by atoms with Gasteiger partial charge < -0.3 is 9.47 Å². The summed E-state index contributed by atoms with van der Waals surface area (Å²) in [6, 6.07) is 5.06. The summed E-state index contributed by atoms with van der Waals surface area (Å²) in [5.41, 5.74) is 1.56. The Labute approximate surface area is 173 Å². The van der Waals surface area contributed by atoms with Crippen molar-refractivity contribution in [3.8, 4) is 0 Å². The molecule has 3 rings (SSSR count). The zero-order valence-corrected chi connectivity index (χ0v) is 18.5. The van der Waals surface area contributed by atoms with Crippen LogP contribution in [0.15, 0.2) is 23.1 Å². The molecule has 0 unspecified atom stereocenters. The van der Waals surface area contributed by atoms with E-state index in [-0.39, 0.29) is 10.8 Å². The first-order valence-electron chi connectivity index (χ1n) is 10.5. The van der Waals surface area contributed by atoms with Gasteiger partial charge in [0.05, 0.1) is 15.9 Å². The molecule has 0 spiro atoms. The lowest BCUT2D eigenvalue weighted by Gasteiger charge is -2.24. The van der Waals surface area contributed by atoms with Crippen LogP contribution >= 0.6 is 0 Å². The number of aromatic nitrogens is 2. The van der Waals surface area contributed by atoms with Gasteiger partial charge in [-0.3, -0.25) is 4.79 Å². The van der Waals surface area contributed by atoms with Crippen molar-refractivity contribution in [2.75, 3.05) is 27.2 Å². The van der Waals surface area contributed by atoms with Crippen LogP contribution in [0.2, 0.25) is 0 Å². The minimum Gasteiger partial charge on any atom is -0.343 e. The van der Waals surface area contributed by atoms with Crippen LogP contribution in [0.4, 0.5) is 0 Å². The van der Waals surface area contributed by atoms with Crippen LogP contribution in [0.25, 0.3) is 11.0 Å². The molecule has 7 nitrogen and oxygen atoms in total. The summed E-state index contributed by atoms with van der Waals surface area (Å²) in [5, 5.41) is 0. The van der Waals surface area contributed by atoms with Crippen LogP contribution in [0.5, 0.6) is 0 Å². The van der Waals surface area contributed by atoms with E-state index in [0.717, 1.165) is 43.8 Å². The Kier molecular flexibility index (Phi) is 6.95. The second-order valence-electron chi connectivity index (χ2n) is 7.86. The van der Waals surface area contributed by atoms with Crippen LogP contribution in [0.3, 0.4) is 0 Å². The number of imidazole rings is 1. The lowest BCUT2D eigenvalue weighted by molar-refractivity contribution is -0.131. The topological polar surface area (TPSA) is 75.5 Å². The number of likely N-dealkylation sites (tertiary alicyclic amines) is 1. The van der Waals surface area contributed by atoms with Gasteiger partial charge in [0.1, 0.15) is 5.82 Å². The van der Waals surface area contributed by atoms with Crippen molar-refractivity contribution in [1.82, 2.24) is 18.8 Å². The molecular formula is C21H32N4O3S. The first-order chi connectivity index (χ1) is 13.8. The quantitative estimate of drug-likeness (QED) is 0.720. The smallest absolute Gasteiger partial charge is 0.242 e. The highest BCUT2D eigenvalue weighted by Gasteiger charge is 2.20. The molecule has 1 aliphatic heterocycles. The van der Waals surface area contributed by atoms with Crippen molar-refractivity contribution < 1.29 is 13.2 Å². The fourth-order valence-electron chi connectivity index (χ4n) is 3.95. The van der Waals surface area contributed by atoms with E-state index in [1.807, 2.05) is 17.9 Å². The minimum absolute atomic E-state index is 0.192. The summed E-state index contributed by atoms with van der Waals surface area (Å²) >= 11 is 0. The predicted octanol–water partition coefficient (Wildman–Crippen LogP) is 3.03. The average Bonchev–Trinajstić information content (AvgIpc) is 3.02. The summed E-state index contributed by atoms with van der Waals surface area (Å²) in [4.78, 5) is 19.6. The molecule has 1 amide bonds. The predicted molar refractivity (Wildman–Crippen MR) is 114 cm³/mol. The van der Waals surface area contributed by atoms with Gasteiger partial charge in [0.25, 0.3) is 0 Å². The molecule has 1 aromatic carbocycles. The third kappa shape index (κ3) is 4.80. The molecule has 29 heavy (non-hydrogen) atoms. The number of carbonyl (C=O) groups excluding carboxylic acids is 1. The third-order valence-electron chi connectivity index (χ3n) is 5.66. The number of fused-ring (bicyclic) bond motifs is 1. The van der Waals surface area contributed by atoms with Gasteiger partial charge in [-0.05, 0) is 38.0 Å². The van der Waals surface area contributed by atoms with Crippen LogP contribution in [0.1, 0.15) is 51.3 Å². The number of amides is 1. The molecule has 160 valence electrons. The summed E-state index contributed by atoms with van der Waals surface area (Å²) in [6.07, 6.45) is 6.85. The number of hydrogen-bond donors (Lipinski definition) is 0. The van der Waals surface area contributed by atoms with Gasteiger partial charge in [0.2, 0.25) is 15.9 Å². The molecule has 1 aliphatic rings. The fraction of sp³-hybridized carbons (Fsp3) is 0.619. The summed E-state index contributed by atoms with van der Waals surface area (Å²) in [7, 11) is -0.462. The Morgan fingerprint density at radius 2 is 1.76 bits per heavy atom. The lowest BCUT2D eigenvalue weighted by atomic mass is 10.1. The Balaban J connectivity index is 1.79. The molecule has 1 saturated heterocycles. The number of nitrogens with zero attached hydrogens (tertiary/aromatic N) is 4. The van der Waals surface area contributed by atoms with Gasteiger partial charge in [-0.25, -0.2) is 17.7 Å². The third-order valence-corrected chi connectivity index (χ3v) is 7.48. The SMILES string of the molecule is CCn1c(CCC(=O)N2CCCCCCC2)nc2cc(S(=O)(=O)N(C)C)ccc21. The van der Waals surface area contributed by atoms with Crippen molar-refractivity contribution in [2.24, 2.45) is 0 Å². The van der Waals surface area contributed by atoms with E-state index in [4.69, 9.17) is 0 Å². The standard InChI is InChI=1S/C21H32N4O3S/c1-4-25-19-11-10-17(29(27,28)23(2)3)16-18(19)22-20(25)12-13-21(26)24-14-8-6-5-7-9-15-24/h10-11,16H,4-9,12-15H2,1-3H3. The fourth-order valence-corrected chi connectivity index (χ4v) is 4.87. The zero-order valence-electron chi connectivity index (χ0n) is 17.7. The Hall–Kier alpha value is -1.93. The van der Waals surface area contributed by atoms with Crippen LogP contribution in [-0.4, -0.2) is 60.3 Å². The average molecular weight is 421 g/mol. The number of benzene rings is 1. The van der Waals surface area contributed by atoms with Gasteiger partial charge in [0, 0.05) is 46.6 Å². The molecule has 8 heteroatoms. The molecule has 0 aliphatic carbocycles. The van der Waals surface area contributed by atoms with E-state index in [9.17, 15) is 13.2 Å². The number of aryl methyl sites for hydroxylation is 2. The maximum atomic E-state index is 12.7. The Morgan fingerprint density at radius 1 is 1.10 bits per heavy atom. The first-order valence-corrected chi connectivity index (χ1v) is 12.0. The van der Waals surface area contributed by atoms with Crippen LogP contribution in [-0.2, 0) is 27.8 Å². The van der Waals surface area contributed by atoms with Crippen molar-refractivity contribution in [2.45, 2.75) is 63.3 Å². The van der Waals surface area contributed by atoms with E-state index in [1.165, 1.54) is 37.7 Å². The van der Waals surface area contributed by atoms with E-state index >= 15 is 0 Å². The molecular weight excluding hydrogens is 388 g/mol. The molecule has 1 aromatic heterocycles. The number of carbonyl (C=O) groups is 1. The molecule has 0 bridgehead atoms. The minimum atomic E-state index is -3.50. The molecule has 1 fully saturated rings. The zero-order chi connectivity index (χ0) is 21.0. The molecule has 2 aromatic rings. The van der Waals surface area contributed by atoms with Crippen LogP contribution < -0.4 is 0 Å². The number of sulfonamides is 1. The first kappa shape index (κ1) is 21.8. The highest BCUT2D eigenvalue weighted by Crippen LogP contribution is 2.23. The van der Waals surface area contributed by atoms with Crippen molar-refractivity contribution in [3.05, 3.63) is 24.0 Å². The van der Waals surface area contributed by atoms with E-state index in [1.54, 1.807) is 12.1 Å². The Bertz CT molecular complexity index is 958. The molecule has 0 N–H and O–H groups in total. The van der Waals surface area contributed by atoms with Gasteiger partial charge >= 0.3 is 0 Å². The van der Waals surface area contributed by atoms with Gasteiger partial charge in [-0.2, -0.15) is 0 Å². The number of hydrogen-bond acceptors (Lipinski definition) is 4. The molecule has 0 atom stereocenters. The van der Waals surface area contributed by atoms with E-state index in [0.29, 0.717) is 18.4 Å². The molecule has 0 radical (unpaired) electrons. The molecule has 2 heterocycles. The maximum absolute atomic E-state index is 12.7. The monoisotopic (exact) mass is 420 g/mol. The number of rotatable bonds is 6. The van der Waals surface area contributed by atoms with Gasteiger partial charge in [0.15, 0.2) is 0 Å². The highest BCUT2D eigenvalue weighted by molar-refractivity contribution is 7.89. The van der Waals surface area contributed by atoms with Crippen molar-refractivity contribution >= 4 is 27.0 Å². The normalized spacial score (nSPS) is 16.2. The van der Waals surface area contributed by atoms with E-state index in [2.05, 4.69) is 9.55 Å². The van der Waals surface area contributed by atoms with Gasteiger partial charge in [-0.15, -0.1) is 0 Å². The van der Waals surface area contributed by atoms with Crippen molar-refractivity contribution in [1.29, 1.82) is 0 Å². The van der Waals surface area contributed by atoms with Crippen LogP contribution in [0, 0.1) is 0 Å². The van der Waals surface area contributed by atoms with Gasteiger partial charge in [-0.1, -0.05) is 19.3 Å². The highest BCUT2D eigenvalue weighted by atomic mass is 32.2.